The molecule has 0 aliphatic heterocycles. The van der Waals surface area contributed by atoms with E-state index in [9.17, 15) is 4.39 Å². The lowest BCUT2D eigenvalue weighted by Crippen LogP contribution is -1.95. The van der Waals surface area contributed by atoms with E-state index in [0.717, 1.165) is 6.20 Å². The first-order valence-electron chi connectivity index (χ1n) is 3.56. The van der Waals surface area contributed by atoms with Crippen LogP contribution in [0.4, 0.5) is 4.39 Å². The van der Waals surface area contributed by atoms with E-state index in [1.165, 1.54) is 12.3 Å². The molecule has 0 radical (unpaired) electrons. The van der Waals surface area contributed by atoms with Gasteiger partial charge in [0.25, 0.3) is 0 Å². The van der Waals surface area contributed by atoms with Gasteiger partial charge in [-0.15, -0.1) is 0 Å². The number of hydrogen-bond donors (Lipinski definition) is 1. The second-order valence-electron chi connectivity index (χ2n) is 2.31. The topological polar surface area (TPSA) is 36.7 Å². The summed E-state index contributed by atoms with van der Waals surface area (Å²) in [6.07, 6.45) is 5.90. The highest BCUT2D eigenvalue weighted by molar-refractivity contribution is 6.06. The van der Waals surface area contributed by atoms with Gasteiger partial charge < -0.3 is 5.41 Å². The molecule has 1 rings (SSSR count). The number of hydrogen-bond acceptors (Lipinski definition) is 2. The first-order chi connectivity index (χ1) is 5.74. The Labute approximate surface area is 70.3 Å². The van der Waals surface area contributed by atoms with E-state index in [0.29, 0.717) is 5.56 Å². The molecule has 0 bridgehead atoms. The number of pyridine rings is 1. The molecule has 1 N–H and O–H groups in total. The van der Waals surface area contributed by atoms with Gasteiger partial charge in [0.2, 0.25) is 0 Å². The van der Waals surface area contributed by atoms with Gasteiger partial charge >= 0.3 is 0 Å². The predicted molar refractivity (Wildman–Crippen MR) is 45.8 cm³/mol. The summed E-state index contributed by atoms with van der Waals surface area (Å²) in [5, 5.41) is 7.43. The highest BCUT2D eigenvalue weighted by Crippen LogP contribution is 2.02. The number of nitrogens with one attached hydrogen (secondary N) is 1. The fourth-order valence-electron chi connectivity index (χ4n) is 0.822. The third-order valence-electron chi connectivity index (χ3n) is 1.35. The van der Waals surface area contributed by atoms with Crippen LogP contribution < -0.4 is 0 Å². The molecule has 0 saturated carbocycles. The van der Waals surface area contributed by atoms with Crippen LogP contribution in [0.25, 0.3) is 0 Å². The van der Waals surface area contributed by atoms with E-state index in [2.05, 4.69) is 4.98 Å². The smallest absolute Gasteiger partial charge is 0.142 e. The molecule has 0 amide bonds. The lowest BCUT2D eigenvalue weighted by molar-refractivity contribution is 0.621. The second-order valence-corrected chi connectivity index (χ2v) is 2.31. The van der Waals surface area contributed by atoms with Gasteiger partial charge in [0.05, 0.1) is 11.9 Å². The number of rotatable bonds is 2. The highest BCUT2D eigenvalue weighted by atomic mass is 19.1. The SMILES string of the molecule is C/C=C/C(=N)c1cncc(F)c1. The molecular weight excluding hydrogens is 155 g/mol. The van der Waals surface area contributed by atoms with Gasteiger partial charge in [0, 0.05) is 11.8 Å². The summed E-state index contributed by atoms with van der Waals surface area (Å²) in [7, 11) is 0. The molecule has 1 aromatic rings. The molecule has 1 heterocycles. The molecule has 2 nitrogen and oxygen atoms in total. The predicted octanol–water partition coefficient (Wildman–Crippen LogP) is 2.16. The molecular formula is C9H9FN2. The Balaban J connectivity index is 2.96. The van der Waals surface area contributed by atoms with Crippen LogP contribution >= 0.6 is 0 Å². The Bertz CT molecular complexity index is 318. The van der Waals surface area contributed by atoms with E-state index in [1.807, 2.05) is 0 Å². The quantitative estimate of drug-likeness (QED) is 0.668. The van der Waals surface area contributed by atoms with Crippen molar-refractivity contribution in [3.8, 4) is 0 Å². The standard InChI is InChI=1S/C9H9FN2/c1-2-3-9(11)7-4-8(10)6-12-5-7/h2-6,11H,1H3/b3-2+,11-9?. The summed E-state index contributed by atoms with van der Waals surface area (Å²) in [4.78, 5) is 3.64. The van der Waals surface area contributed by atoms with Crippen molar-refractivity contribution < 1.29 is 4.39 Å². The van der Waals surface area contributed by atoms with Gasteiger partial charge in [-0.25, -0.2) is 4.39 Å². The molecule has 0 spiro atoms. The maximum atomic E-state index is 12.6. The minimum atomic E-state index is -0.415. The van der Waals surface area contributed by atoms with Crippen molar-refractivity contribution in [1.29, 1.82) is 5.41 Å². The van der Waals surface area contributed by atoms with Gasteiger partial charge in [-0.05, 0) is 19.1 Å². The fraction of sp³-hybridized carbons (Fsp3) is 0.111. The van der Waals surface area contributed by atoms with Crippen molar-refractivity contribution in [3.05, 3.63) is 42.0 Å². The maximum absolute atomic E-state index is 12.6. The molecule has 0 aliphatic rings. The lowest BCUT2D eigenvalue weighted by atomic mass is 10.2. The minimum Gasteiger partial charge on any atom is -0.300 e. The molecule has 3 heteroatoms. The Hall–Kier alpha value is -1.51. The summed E-state index contributed by atoms with van der Waals surface area (Å²) in [6.45, 7) is 1.81. The van der Waals surface area contributed by atoms with Gasteiger partial charge in [-0.1, -0.05) is 6.08 Å². The third-order valence-corrected chi connectivity index (χ3v) is 1.35. The molecule has 12 heavy (non-hydrogen) atoms. The van der Waals surface area contributed by atoms with Gasteiger partial charge in [-0.2, -0.15) is 0 Å². The molecule has 62 valence electrons. The summed E-state index contributed by atoms with van der Waals surface area (Å²) in [6, 6.07) is 1.29. The van der Waals surface area contributed by atoms with Crippen molar-refractivity contribution in [2.75, 3.05) is 0 Å². The maximum Gasteiger partial charge on any atom is 0.142 e. The number of allylic oxidation sites excluding steroid dienone is 2. The van der Waals surface area contributed by atoms with E-state index >= 15 is 0 Å². The Kier molecular flexibility index (Phi) is 2.69. The summed E-state index contributed by atoms with van der Waals surface area (Å²) >= 11 is 0. The van der Waals surface area contributed by atoms with Crippen LogP contribution in [0.1, 0.15) is 12.5 Å². The summed E-state index contributed by atoms with van der Waals surface area (Å²) in [5.41, 5.74) is 0.762. The molecule has 1 aromatic heterocycles. The average Bonchev–Trinajstić information content (AvgIpc) is 2.05. The summed E-state index contributed by atoms with van der Waals surface area (Å²) in [5.74, 6) is -0.415. The van der Waals surface area contributed by atoms with E-state index in [-0.39, 0.29) is 5.71 Å². The largest absolute Gasteiger partial charge is 0.300 e. The zero-order chi connectivity index (χ0) is 8.97. The lowest BCUT2D eigenvalue weighted by Gasteiger charge is -1.96. The van der Waals surface area contributed by atoms with Gasteiger partial charge in [0.15, 0.2) is 0 Å². The Morgan fingerprint density at radius 2 is 2.33 bits per heavy atom. The Morgan fingerprint density at radius 3 is 2.92 bits per heavy atom. The Morgan fingerprint density at radius 1 is 1.58 bits per heavy atom. The zero-order valence-corrected chi connectivity index (χ0v) is 6.71. The molecule has 0 aromatic carbocycles. The normalized spacial score (nSPS) is 10.5. The molecule has 0 fully saturated rings. The minimum absolute atomic E-state index is 0.268. The van der Waals surface area contributed by atoms with Crippen molar-refractivity contribution in [2.45, 2.75) is 6.92 Å². The molecule has 0 unspecified atom stereocenters. The van der Waals surface area contributed by atoms with E-state index < -0.39 is 5.82 Å². The first kappa shape index (κ1) is 8.59. The van der Waals surface area contributed by atoms with Crippen molar-refractivity contribution in [1.82, 2.24) is 4.98 Å². The average molecular weight is 164 g/mol. The van der Waals surface area contributed by atoms with Crippen LogP contribution in [0, 0.1) is 11.2 Å². The second kappa shape index (κ2) is 3.76. The van der Waals surface area contributed by atoms with Crippen molar-refractivity contribution in [3.63, 3.8) is 0 Å². The molecule has 0 aliphatic carbocycles. The van der Waals surface area contributed by atoms with Crippen LogP contribution in [0.15, 0.2) is 30.6 Å². The van der Waals surface area contributed by atoms with E-state index in [4.69, 9.17) is 5.41 Å². The van der Waals surface area contributed by atoms with Crippen LogP contribution in [0.2, 0.25) is 0 Å². The van der Waals surface area contributed by atoms with Crippen LogP contribution in [-0.2, 0) is 0 Å². The molecule has 0 atom stereocenters. The highest BCUT2D eigenvalue weighted by Gasteiger charge is 1.98. The van der Waals surface area contributed by atoms with E-state index in [1.54, 1.807) is 19.1 Å². The third kappa shape index (κ3) is 1.99. The summed E-state index contributed by atoms with van der Waals surface area (Å²) < 4.78 is 12.6. The zero-order valence-electron chi connectivity index (χ0n) is 6.71. The fourth-order valence-corrected chi connectivity index (χ4v) is 0.822. The van der Waals surface area contributed by atoms with Crippen molar-refractivity contribution >= 4 is 5.71 Å². The molecule has 0 saturated heterocycles. The van der Waals surface area contributed by atoms with Crippen LogP contribution in [-0.4, -0.2) is 10.7 Å². The van der Waals surface area contributed by atoms with Gasteiger partial charge in [0.1, 0.15) is 5.82 Å². The van der Waals surface area contributed by atoms with Crippen LogP contribution in [0.5, 0.6) is 0 Å². The number of aromatic nitrogens is 1. The van der Waals surface area contributed by atoms with Gasteiger partial charge in [-0.3, -0.25) is 4.98 Å². The first-order valence-corrected chi connectivity index (χ1v) is 3.56. The number of halogens is 1. The van der Waals surface area contributed by atoms with Crippen molar-refractivity contribution in [2.24, 2.45) is 0 Å². The monoisotopic (exact) mass is 164 g/mol. The number of nitrogens with zero attached hydrogens (tertiary/aromatic N) is 1. The van der Waals surface area contributed by atoms with Crippen LogP contribution in [0.3, 0.4) is 0 Å².